The van der Waals surface area contributed by atoms with E-state index in [1.807, 2.05) is 4.90 Å². The van der Waals surface area contributed by atoms with Crippen molar-refractivity contribution in [2.24, 2.45) is 0 Å². The van der Waals surface area contributed by atoms with Crippen molar-refractivity contribution in [2.75, 3.05) is 18.8 Å². The standard InChI is InChI=1S/C8H13NO2S/c10-8(5-12)9-3-6-1-2-7(4-9)11-6/h6-7,12H,1-5H2. The fourth-order valence-corrected chi connectivity index (χ4v) is 2.12. The van der Waals surface area contributed by atoms with Crippen molar-refractivity contribution in [2.45, 2.75) is 25.0 Å². The summed E-state index contributed by atoms with van der Waals surface area (Å²) in [5, 5.41) is 0. The molecule has 0 aromatic carbocycles. The average Bonchev–Trinajstić information content (AvgIpc) is 2.44. The molecule has 1 amide bonds. The monoisotopic (exact) mass is 187 g/mol. The van der Waals surface area contributed by atoms with Crippen LogP contribution in [0.3, 0.4) is 0 Å². The van der Waals surface area contributed by atoms with Crippen molar-refractivity contribution >= 4 is 18.5 Å². The molecule has 2 fully saturated rings. The van der Waals surface area contributed by atoms with Gasteiger partial charge in [0.05, 0.1) is 18.0 Å². The molecular formula is C8H13NO2S. The Morgan fingerprint density at radius 1 is 1.42 bits per heavy atom. The first kappa shape index (κ1) is 8.38. The van der Waals surface area contributed by atoms with Gasteiger partial charge in [0, 0.05) is 13.1 Å². The summed E-state index contributed by atoms with van der Waals surface area (Å²) in [6, 6.07) is 0. The molecule has 2 aliphatic heterocycles. The Morgan fingerprint density at radius 3 is 2.50 bits per heavy atom. The van der Waals surface area contributed by atoms with Gasteiger partial charge in [-0.15, -0.1) is 0 Å². The number of hydrogen-bond donors (Lipinski definition) is 1. The van der Waals surface area contributed by atoms with Crippen molar-refractivity contribution in [3.63, 3.8) is 0 Å². The maximum atomic E-state index is 11.3. The SMILES string of the molecule is O=C(CS)N1CC2CCC(C1)O2. The molecule has 2 unspecified atom stereocenters. The second-order valence-electron chi connectivity index (χ2n) is 3.41. The molecule has 2 saturated heterocycles. The summed E-state index contributed by atoms with van der Waals surface area (Å²) < 4.78 is 5.60. The van der Waals surface area contributed by atoms with Crippen LogP contribution in [0.15, 0.2) is 0 Å². The minimum Gasteiger partial charge on any atom is -0.371 e. The number of nitrogens with zero attached hydrogens (tertiary/aromatic N) is 1. The predicted molar refractivity (Wildman–Crippen MR) is 48.3 cm³/mol. The molecule has 0 aromatic heterocycles. The van der Waals surface area contributed by atoms with Crippen LogP contribution in [0.25, 0.3) is 0 Å². The van der Waals surface area contributed by atoms with E-state index in [1.54, 1.807) is 0 Å². The summed E-state index contributed by atoms with van der Waals surface area (Å²) in [6.45, 7) is 1.55. The Bertz CT molecular complexity index is 185. The molecule has 0 radical (unpaired) electrons. The third kappa shape index (κ3) is 1.45. The molecule has 2 bridgehead atoms. The Labute approximate surface area is 77.5 Å². The van der Waals surface area contributed by atoms with Crippen molar-refractivity contribution in [3.8, 4) is 0 Å². The summed E-state index contributed by atoms with van der Waals surface area (Å²) >= 11 is 3.97. The fourth-order valence-electron chi connectivity index (χ4n) is 1.92. The number of carbonyl (C=O) groups excluding carboxylic acids is 1. The van der Waals surface area contributed by atoms with E-state index >= 15 is 0 Å². The van der Waals surface area contributed by atoms with Crippen molar-refractivity contribution in [1.82, 2.24) is 4.90 Å². The lowest BCUT2D eigenvalue weighted by atomic mass is 10.2. The van der Waals surface area contributed by atoms with E-state index in [2.05, 4.69) is 12.6 Å². The summed E-state index contributed by atoms with van der Waals surface area (Å²) in [5.41, 5.74) is 0. The Hall–Kier alpha value is -0.220. The lowest BCUT2D eigenvalue weighted by Crippen LogP contribution is -2.46. The number of ether oxygens (including phenoxy) is 1. The van der Waals surface area contributed by atoms with Gasteiger partial charge in [-0.25, -0.2) is 0 Å². The summed E-state index contributed by atoms with van der Waals surface area (Å²) in [7, 11) is 0. The van der Waals surface area contributed by atoms with Gasteiger partial charge >= 0.3 is 0 Å². The lowest BCUT2D eigenvalue weighted by molar-refractivity contribution is -0.136. The van der Waals surface area contributed by atoms with Crippen LogP contribution in [0.1, 0.15) is 12.8 Å². The molecule has 0 N–H and O–H groups in total. The highest BCUT2D eigenvalue weighted by atomic mass is 32.1. The molecule has 12 heavy (non-hydrogen) atoms. The molecule has 2 aliphatic rings. The number of amides is 1. The number of likely N-dealkylation sites (tertiary alicyclic amines) is 1. The molecule has 0 spiro atoms. The largest absolute Gasteiger partial charge is 0.371 e. The molecule has 0 aromatic rings. The number of carbonyl (C=O) groups is 1. The maximum Gasteiger partial charge on any atom is 0.232 e. The molecule has 0 saturated carbocycles. The molecule has 4 heteroatoms. The second-order valence-corrected chi connectivity index (χ2v) is 3.73. The fraction of sp³-hybridized carbons (Fsp3) is 0.875. The van der Waals surface area contributed by atoms with Crippen LogP contribution in [-0.4, -0.2) is 41.9 Å². The van der Waals surface area contributed by atoms with Crippen LogP contribution < -0.4 is 0 Å². The van der Waals surface area contributed by atoms with Gasteiger partial charge < -0.3 is 9.64 Å². The Kier molecular flexibility index (Phi) is 2.28. The number of hydrogen-bond acceptors (Lipinski definition) is 3. The van der Waals surface area contributed by atoms with E-state index in [-0.39, 0.29) is 5.91 Å². The minimum absolute atomic E-state index is 0.138. The minimum atomic E-state index is 0.138. The van der Waals surface area contributed by atoms with Crippen LogP contribution in [-0.2, 0) is 9.53 Å². The molecule has 2 rings (SSSR count). The van der Waals surface area contributed by atoms with Crippen LogP contribution in [0.4, 0.5) is 0 Å². The first-order valence-electron chi connectivity index (χ1n) is 4.33. The highest BCUT2D eigenvalue weighted by Gasteiger charge is 2.35. The van der Waals surface area contributed by atoms with E-state index in [0.717, 1.165) is 25.9 Å². The van der Waals surface area contributed by atoms with Gasteiger partial charge in [0.25, 0.3) is 0 Å². The Balaban J connectivity index is 1.98. The normalized spacial score (nSPS) is 33.9. The van der Waals surface area contributed by atoms with Crippen LogP contribution in [0.2, 0.25) is 0 Å². The van der Waals surface area contributed by atoms with Gasteiger partial charge in [0.1, 0.15) is 0 Å². The van der Waals surface area contributed by atoms with E-state index < -0.39 is 0 Å². The zero-order valence-electron chi connectivity index (χ0n) is 6.90. The van der Waals surface area contributed by atoms with E-state index in [1.165, 1.54) is 0 Å². The van der Waals surface area contributed by atoms with Gasteiger partial charge in [-0.1, -0.05) is 0 Å². The summed E-state index contributed by atoms with van der Waals surface area (Å²) in [4.78, 5) is 13.2. The quantitative estimate of drug-likeness (QED) is 0.599. The summed E-state index contributed by atoms with van der Waals surface area (Å²) in [5.74, 6) is 0.456. The molecule has 68 valence electrons. The smallest absolute Gasteiger partial charge is 0.232 e. The van der Waals surface area contributed by atoms with Crippen LogP contribution in [0, 0.1) is 0 Å². The molecule has 0 aliphatic carbocycles. The van der Waals surface area contributed by atoms with Gasteiger partial charge in [-0.3, -0.25) is 4.79 Å². The number of thiol groups is 1. The summed E-state index contributed by atoms with van der Waals surface area (Å²) in [6.07, 6.45) is 2.82. The maximum absolute atomic E-state index is 11.3. The zero-order valence-corrected chi connectivity index (χ0v) is 7.80. The van der Waals surface area contributed by atoms with E-state index in [9.17, 15) is 4.79 Å². The lowest BCUT2D eigenvalue weighted by Gasteiger charge is -2.31. The predicted octanol–water partition coefficient (Wildman–Crippen LogP) is 0.306. The van der Waals surface area contributed by atoms with E-state index in [0.29, 0.717) is 18.0 Å². The number of morpholine rings is 1. The van der Waals surface area contributed by atoms with E-state index in [4.69, 9.17) is 4.74 Å². The highest BCUT2D eigenvalue weighted by molar-refractivity contribution is 7.81. The second kappa shape index (κ2) is 3.26. The zero-order chi connectivity index (χ0) is 8.55. The molecular weight excluding hydrogens is 174 g/mol. The first-order valence-corrected chi connectivity index (χ1v) is 4.97. The van der Waals surface area contributed by atoms with Gasteiger partial charge in [-0.2, -0.15) is 12.6 Å². The Morgan fingerprint density at radius 2 is 2.00 bits per heavy atom. The van der Waals surface area contributed by atoms with Gasteiger partial charge in [0.15, 0.2) is 0 Å². The van der Waals surface area contributed by atoms with Crippen molar-refractivity contribution < 1.29 is 9.53 Å². The van der Waals surface area contributed by atoms with Gasteiger partial charge in [-0.05, 0) is 12.8 Å². The number of rotatable bonds is 1. The number of fused-ring (bicyclic) bond motifs is 2. The average molecular weight is 187 g/mol. The van der Waals surface area contributed by atoms with Crippen molar-refractivity contribution in [3.05, 3.63) is 0 Å². The topological polar surface area (TPSA) is 29.5 Å². The molecule has 2 atom stereocenters. The highest BCUT2D eigenvalue weighted by Crippen LogP contribution is 2.26. The van der Waals surface area contributed by atoms with Crippen LogP contribution >= 0.6 is 12.6 Å². The third-order valence-electron chi connectivity index (χ3n) is 2.53. The van der Waals surface area contributed by atoms with Crippen molar-refractivity contribution in [1.29, 1.82) is 0 Å². The van der Waals surface area contributed by atoms with Crippen LogP contribution in [0.5, 0.6) is 0 Å². The van der Waals surface area contributed by atoms with Gasteiger partial charge in [0.2, 0.25) is 5.91 Å². The molecule has 2 heterocycles. The first-order chi connectivity index (χ1) is 5.79. The molecule has 3 nitrogen and oxygen atoms in total. The third-order valence-corrected chi connectivity index (χ3v) is 2.80.